The van der Waals surface area contributed by atoms with E-state index in [1.807, 2.05) is 6.07 Å². The molecule has 1 aromatic rings. The highest BCUT2D eigenvalue weighted by atomic mass is 79.9. The smallest absolute Gasteiger partial charge is 0.144 e. The minimum absolute atomic E-state index is 0.293. The van der Waals surface area contributed by atoms with E-state index in [2.05, 4.69) is 26.2 Å². The zero-order valence-electron chi connectivity index (χ0n) is 8.72. The largest absolute Gasteiger partial charge is 0.369 e. The van der Waals surface area contributed by atoms with Gasteiger partial charge in [0.15, 0.2) is 0 Å². The third-order valence-corrected chi connectivity index (χ3v) is 4.20. The summed E-state index contributed by atoms with van der Waals surface area (Å²) in [6.07, 6.45) is 5.27. The Hall–Kier alpha value is 0.01000. The van der Waals surface area contributed by atoms with Gasteiger partial charge in [-0.2, -0.15) is 0 Å². The number of pyridine rings is 1. The molecule has 0 saturated heterocycles. The number of alkyl halides is 1. The molecule has 88 valence electrons. The van der Waals surface area contributed by atoms with E-state index < -0.39 is 0 Å². The highest BCUT2D eigenvalue weighted by Crippen LogP contribution is 2.31. The number of aromatic nitrogens is 1. The Bertz CT molecular complexity index is 373. The van der Waals surface area contributed by atoms with Gasteiger partial charge in [0, 0.05) is 22.6 Å². The van der Waals surface area contributed by atoms with E-state index in [0.717, 1.165) is 23.3 Å². The second-order valence-electron chi connectivity index (χ2n) is 4.07. The molecule has 0 aliphatic heterocycles. The van der Waals surface area contributed by atoms with Gasteiger partial charge in [0.2, 0.25) is 0 Å². The molecule has 0 radical (unpaired) electrons. The van der Waals surface area contributed by atoms with E-state index in [4.69, 9.17) is 23.2 Å². The van der Waals surface area contributed by atoms with E-state index in [1.165, 1.54) is 12.8 Å². The summed E-state index contributed by atoms with van der Waals surface area (Å²) in [5.74, 6) is 1.27. The number of anilines is 1. The van der Waals surface area contributed by atoms with Crippen molar-refractivity contribution in [3.8, 4) is 0 Å². The Labute approximate surface area is 114 Å². The molecule has 2 rings (SSSR count). The van der Waals surface area contributed by atoms with Crippen LogP contribution in [0.3, 0.4) is 0 Å². The number of halogens is 3. The van der Waals surface area contributed by atoms with Gasteiger partial charge in [-0.1, -0.05) is 18.0 Å². The zero-order valence-corrected chi connectivity index (χ0v) is 11.8. The van der Waals surface area contributed by atoms with Gasteiger partial charge in [0.25, 0.3) is 0 Å². The van der Waals surface area contributed by atoms with Gasteiger partial charge in [0.05, 0.1) is 5.02 Å². The molecular weight excluding hydrogens is 311 g/mol. The van der Waals surface area contributed by atoms with Crippen molar-refractivity contribution >= 4 is 44.9 Å². The molecule has 1 aliphatic carbocycles. The first-order chi connectivity index (χ1) is 7.66. The monoisotopic (exact) mass is 322 g/mol. The standard InChI is InChI=1S/C11H13BrCl2N2/c12-8-4-10(14)11(16-6-8)15-5-7-2-1-3-9(7)13/h4,6-7,9H,1-3,5H2,(H,15,16). The Kier molecular flexibility index (Phi) is 4.34. The van der Waals surface area contributed by atoms with Crippen LogP contribution in [0.1, 0.15) is 19.3 Å². The van der Waals surface area contributed by atoms with E-state index >= 15 is 0 Å². The SMILES string of the molecule is Clc1cc(Br)cnc1NCC1CCCC1Cl. The molecule has 1 N–H and O–H groups in total. The lowest BCUT2D eigenvalue weighted by Crippen LogP contribution is -2.19. The Morgan fingerprint density at radius 2 is 2.31 bits per heavy atom. The zero-order chi connectivity index (χ0) is 11.5. The second-order valence-corrected chi connectivity index (χ2v) is 5.96. The summed E-state index contributed by atoms with van der Waals surface area (Å²) in [5.41, 5.74) is 0. The molecule has 0 amide bonds. The minimum atomic E-state index is 0.293. The molecule has 1 saturated carbocycles. The van der Waals surface area contributed by atoms with Crippen molar-refractivity contribution in [1.82, 2.24) is 4.98 Å². The summed E-state index contributed by atoms with van der Waals surface area (Å²) in [7, 11) is 0. The fourth-order valence-electron chi connectivity index (χ4n) is 1.99. The number of nitrogens with one attached hydrogen (secondary N) is 1. The summed E-state index contributed by atoms with van der Waals surface area (Å²) >= 11 is 15.6. The van der Waals surface area contributed by atoms with Crippen LogP contribution in [0, 0.1) is 5.92 Å². The van der Waals surface area contributed by atoms with Crippen LogP contribution in [0.5, 0.6) is 0 Å². The average Bonchev–Trinajstić information content (AvgIpc) is 2.63. The third kappa shape index (κ3) is 3.02. The van der Waals surface area contributed by atoms with Crippen molar-refractivity contribution in [3.63, 3.8) is 0 Å². The van der Waals surface area contributed by atoms with Gasteiger partial charge in [0.1, 0.15) is 5.82 Å². The molecule has 0 spiro atoms. The van der Waals surface area contributed by atoms with Crippen LogP contribution in [0.15, 0.2) is 16.7 Å². The van der Waals surface area contributed by atoms with E-state index in [9.17, 15) is 0 Å². The summed E-state index contributed by atoms with van der Waals surface area (Å²) < 4.78 is 0.888. The van der Waals surface area contributed by atoms with Gasteiger partial charge in [-0.25, -0.2) is 4.98 Å². The first kappa shape index (κ1) is 12.5. The number of hydrogen-bond donors (Lipinski definition) is 1. The molecule has 0 bridgehead atoms. The minimum Gasteiger partial charge on any atom is -0.369 e. The molecule has 5 heteroatoms. The maximum Gasteiger partial charge on any atom is 0.144 e. The first-order valence-corrected chi connectivity index (χ1v) is 6.96. The lowest BCUT2D eigenvalue weighted by atomic mass is 10.1. The molecule has 0 aromatic carbocycles. The van der Waals surface area contributed by atoms with Crippen LogP contribution in [0.4, 0.5) is 5.82 Å². The normalized spacial score (nSPS) is 24.7. The molecule has 1 heterocycles. The summed E-state index contributed by atoms with van der Waals surface area (Å²) in [5, 5.41) is 4.19. The highest BCUT2D eigenvalue weighted by Gasteiger charge is 2.25. The summed E-state index contributed by atoms with van der Waals surface area (Å²) in [6.45, 7) is 0.850. The van der Waals surface area contributed by atoms with Crippen molar-refractivity contribution in [2.24, 2.45) is 5.92 Å². The van der Waals surface area contributed by atoms with Crippen LogP contribution in [-0.4, -0.2) is 16.9 Å². The molecule has 2 nitrogen and oxygen atoms in total. The lowest BCUT2D eigenvalue weighted by molar-refractivity contribution is 0.585. The van der Waals surface area contributed by atoms with Crippen LogP contribution < -0.4 is 5.32 Å². The van der Waals surface area contributed by atoms with Gasteiger partial charge in [-0.3, -0.25) is 0 Å². The quantitative estimate of drug-likeness (QED) is 0.838. The topological polar surface area (TPSA) is 24.9 Å². The second kappa shape index (κ2) is 5.56. The van der Waals surface area contributed by atoms with Crippen molar-refractivity contribution in [1.29, 1.82) is 0 Å². The van der Waals surface area contributed by atoms with Crippen molar-refractivity contribution in [3.05, 3.63) is 21.8 Å². The third-order valence-electron chi connectivity index (χ3n) is 2.91. The number of nitrogens with zero attached hydrogens (tertiary/aromatic N) is 1. The van der Waals surface area contributed by atoms with E-state index in [1.54, 1.807) is 6.20 Å². The van der Waals surface area contributed by atoms with Crippen molar-refractivity contribution < 1.29 is 0 Å². The maximum atomic E-state index is 6.21. The van der Waals surface area contributed by atoms with Crippen LogP contribution in [0.2, 0.25) is 5.02 Å². The number of rotatable bonds is 3. The van der Waals surface area contributed by atoms with E-state index in [-0.39, 0.29) is 0 Å². The van der Waals surface area contributed by atoms with Gasteiger partial charge in [-0.05, 0) is 40.8 Å². The van der Waals surface area contributed by atoms with Gasteiger partial charge >= 0.3 is 0 Å². The average molecular weight is 324 g/mol. The molecule has 2 unspecified atom stereocenters. The van der Waals surface area contributed by atoms with Crippen molar-refractivity contribution in [2.45, 2.75) is 24.6 Å². The first-order valence-electron chi connectivity index (χ1n) is 5.36. The summed E-state index contributed by atoms with van der Waals surface area (Å²) in [6, 6.07) is 1.84. The van der Waals surface area contributed by atoms with Crippen LogP contribution in [0.25, 0.3) is 0 Å². The molecular formula is C11H13BrCl2N2. The van der Waals surface area contributed by atoms with Crippen LogP contribution >= 0.6 is 39.1 Å². The van der Waals surface area contributed by atoms with Gasteiger partial charge in [-0.15, -0.1) is 11.6 Å². The molecule has 1 fully saturated rings. The highest BCUT2D eigenvalue weighted by molar-refractivity contribution is 9.10. The molecule has 1 aromatic heterocycles. The fourth-order valence-corrected chi connectivity index (χ4v) is 3.06. The molecule has 1 aliphatic rings. The Balaban J connectivity index is 1.94. The van der Waals surface area contributed by atoms with Crippen LogP contribution in [-0.2, 0) is 0 Å². The fraction of sp³-hybridized carbons (Fsp3) is 0.545. The lowest BCUT2D eigenvalue weighted by Gasteiger charge is -2.15. The molecule has 2 atom stereocenters. The Morgan fingerprint density at radius 1 is 1.50 bits per heavy atom. The van der Waals surface area contributed by atoms with Crippen molar-refractivity contribution in [2.75, 3.05) is 11.9 Å². The van der Waals surface area contributed by atoms with E-state index in [0.29, 0.717) is 16.3 Å². The number of hydrogen-bond acceptors (Lipinski definition) is 2. The summed E-state index contributed by atoms with van der Waals surface area (Å²) in [4.78, 5) is 4.23. The maximum absolute atomic E-state index is 6.21. The molecule has 16 heavy (non-hydrogen) atoms. The predicted molar refractivity (Wildman–Crippen MR) is 72.4 cm³/mol. The predicted octanol–water partition coefficient (Wildman–Crippen LogP) is 4.32. The Morgan fingerprint density at radius 3 is 2.94 bits per heavy atom. The van der Waals surface area contributed by atoms with Gasteiger partial charge < -0.3 is 5.32 Å².